The lowest BCUT2D eigenvalue weighted by molar-refractivity contribution is 0.101. The molecule has 1 saturated carbocycles. The van der Waals surface area contributed by atoms with E-state index in [2.05, 4.69) is 84.6 Å². The molecule has 184 valence electrons. The van der Waals surface area contributed by atoms with Crippen LogP contribution in [-0.2, 0) is 4.43 Å². The zero-order valence-corrected chi connectivity index (χ0v) is 24.6. The van der Waals surface area contributed by atoms with Crippen LogP contribution in [0.5, 0.6) is 0 Å². The lowest BCUT2D eigenvalue weighted by Gasteiger charge is -2.43. The van der Waals surface area contributed by atoms with Crippen LogP contribution in [0.4, 0.5) is 0 Å². The Balaban J connectivity index is 2.03. The number of aliphatic hydroxyl groups is 1. The van der Waals surface area contributed by atoms with Gasteiger partial charge in [0.25, 0.3) is 0 Å². The smallest absolute Gasteiger partial charge is 0.191 e. The molecule has 2 nitrogen and oxygen atoms in total. The Hall–Kier alpha value is -0.946. The maximum atomic E-state index is 11.0. The number of hydrogen-bond donors (Lipinski definition) is 1. The van der Waals surface area contributed by atoms with E-state index < -0.39 is 16.4 Å². The van der Waals surface area contributed by atoms with E-state index in [-0.39, 0.29) is 11.5 Å². The zero-order chi connectivity index (χ0) is 24.4. The molecule has 0 aliphatic heterocycles. The lowest BCUT2D eigenvalue weighted by Crippen LogP contribution is -2.37. The van der Waals surface area contributed by atoms with Crippen LogP contribution in [0, 0.1) is 11.3 Å². The third kappa shape index (κ3) is 5.19. The molecule has 2 aliphatic rings. The van der Waals surface area contributed by atoms with E-state index in [1.54, 1.807) is 5.20 Å². The van der Waals surface area contributed by atoms with Gasteiger partial charge >= 0.3 is 0 Å². The van der Waals surface area contributed by atoms with E-state index in [1.807, 2.05) is 0 Å². The van der Waals surface area contributed by atoms with Crippen molar-refractivity contribution in [1.82, 2.24) is 0 Å². The van der Waals surface area contributed by atoms with Gasteiger partial charge in [-0.3, -0.25) is 0 Å². The topological polar surface area (TPSA) is 29.5 Å². The molecule has 1 aromatic rings. The molecule has 3 rings (SSSR count). The zero-order valence-electron chi connectivity index (χ0n) is 22.6. The Kier molecular flexibility index (Phi) is 8.36. The second-order valence-electron chi connectivity index (χ2n) is 11.8. The van der Waals surface area contributed by atoms with Crippen LogP contribution >= 0.6 is 0 Å². The summed E-state index contributed by atoms with van der Waals surface area (Å²) < 4.78 is 6.64. The largest absolute Gasteiger partial charge is 0.417 e. The van der Waals surface area contributed by atoms with Gasteiger partial charge in [-0.2, -0.15) is 0 Å². The molecule has 3 atom stereocenters. The van der Waals surface area contributed by atoms with Crippen molar-refractivity contribution in [2.45, 2.75) is 104 Å². The summed E-state index contributed by atoms with van der Waals surface area (Å²) in [4.78, 5) is 0. The van der Waals surface area contributed by atoms with Crippen molar-refractivity contribution in [1.29, 1.82) is 0 Å². The van der Waals surface area contributed by atoms with Gasteiger partial charge in [0.1, 0.15) is 0 Å². The van der Waals surface area contributed by atoms with Gasteiger partial charge in [-0.1, -0.05) is 95.4 Å². The number of benzene rings is 1. The predicted octanol–water partition coefficient (Wildman–Crippen LogP) is 8.23. The minimum absolute atomic E-state index is 0.0816. The number of allylic oxidation sites excluding steroid dienone is 3. The number of aliphatic hydroxyl groups excluding tert-OH is 1. The summed E-state index contributed by atoms with van der Waals surface area (Å²) in [5.74, 6) is 0.308. The lowest BCUT2D eigenvalue weighted by atomic mass is 9.68. The van der Waals surface area contributed by atoms with Crippen molar-refractivity contribution in [2.75, 3.05) is 6.61 Å². The third-order valence-corrected chi connectivity index (χ3v) is 16.0. The minimum Gasteiger partial charge on any atom is -0.417 e. The standard InChI is InChI=1S/C29H48O2Si2/c1-9-33(10-2,11-3)31-19-15-18-24-25-20-26(30)22(4)29(25,5)21-27(32(6,7)8)28(24)23-16-13-12-14-17-23/h12-14,16-17,22,26,30H,9-11,15,18-21H2,1-8H3/t22-,26+,29+/m0/s1. The molecule has 0 aromatic heterocycles. The first kappa shape index (κ1) is 26.7. The van der Waals surface area contributed by atoms with Crippen LogP contribution < -0.4 is 0 Å². The van der Waals surface area contributed by atoms with Crippen molar-refractivity contribution < 1.29 is 9.53 Å². The van der Waals surface area contributed by atoms with Crippen LogP contribution in [0.1, 0.15) is 65.9 Å². The normalized spacial score (nSPS) is 26.2. The third-order valence-electron chi connectivity index (χ3n) is 9.08. The summed E-state index contributed by atoms with van der Waals surface area (Å²) in [5, 5.41) is 12.7. The predicted molar refractivity (Wildman–Crippen MR) is 149 cm³/mol. The monoisotopic (exact) mass is 484 g/mol. The SMILES string of the molecule is CC[Si](CC)(CC)OCCCC1=C2C[C@@H](O)[C@H](C)[C@@]2(C)CC([Si](C)(C)C)=C1c1ccccc1. The Morgan fingerprint density at radius 3 is 2.18 bits per heavy atom. The van der Waals surface area contributed by atoms with Crippen molar-refractivity contribution in [3.05, 3.63) is 52.2 Å². The van der Waals surface area contributed by atoms with E-state index in [0.717, 1.165) is 32.3 Å². The van der Waals surface area contributed by atoms with Gasteiger partial charge in [-0.15, -0.1) is 0 Å². The van der Waals surface area contributed by atoms with Gasteiger partial charge in [-0.05, 0) is 71.9 Å². The fourth-order valence-electron chi connectivity index (χ4n) is 6.31. The van der Waals surface area contributed by atoms with E-state index >= 15 is 0 Å². The highest BCUT2D eigenvalue weighted by Gasteiger charge is 2.51. The average molecular weight is 485 g/mol. The first-order valence-corrected chi connectivity index (χ1v) is 19.4. The first-order valence-electron chi connectivity index (χ1n) is 13.4. The quantitative estimate of drug-likeness (QED) is 0.268. The molecule has 33 heavy (non-hydrogen) atoms. The highest BCUT2D eigenvalue weighted by atomic mass is 28.4. The molecule has 0 heterocycles. The van der Waals surface area contributed by atoms with Crippen LogP contribution in [0.25, 0.3) is 5.57 Å². The molecule has 0 spiro atoms. The summed E-state index contributed by atoms with van der Waals surface area (Å²) in [6.07, 6.45) is 3.85. The first-order chi connectivity index (χ1) is 15.5. The molecule has 0 radical (unpaired) electrons. The Labute approximate surface area is 205 Å². The van der Waals surface area contributed by atoms with Crippen LogP contribution in [0.15, 0.2) is 46.7 Å². The van der Waals surface area contributed by atoms with Gasteiger partial charge in [-0.25, -0.2) is 0 Å². The molecule has 2 aliphatic carbocycles. The van der Waals surface area contributed by atoms with Gasteiger partial charge in [0.2, 0.25) is 0 Å². The van der Waals surface area contributed by atoms with Crippen molar-refractivity contribution in [2.24, 2.45) is 11.3 Å². The van der Waals surface area contributed by atoms with E-state index in [0.29, 0.717) is 5.92 Å². The molecule has 0 saturated heterocycles. The molecule has 0 bridgehead atoms. The number of fused-ring (bicyclic) bond motifs is 1. The Morgan fingerprint density at radius 2 is 1.64 bits per heavy atom. The van der Waals surface area contributed by atoms with Crippen LogP contribution in [0.3, 0.4) is 0 Å². The van der Waals surface area contributed by atoms with Gasteiger partial charge < -0.3 is 9.53 Å². The maximum absolute atomic E-state index is 11.0. The van der Waals surface area contributed by atoms with Crippen molar-refractivity contribution >= 4 is 22.0 Å². The molecule has 0 unspecified atom stereocenters. The summed E-state index contributed by atoms with van der Waals surface area (Å²) in [6, 6.07) is 14.7. The van der Waals surface area contributed by atoms with Crippen LogP contribution in [-0.4, -0.2) is 34.2 Å². The molecule has 1 N–H and O–H groups in total. The summed E-state index contributed by atoms with van der Waals surface area (Å²) >= 11 is 0. The molecule has 0 amide bonds. The fourth-order valence-corrected chi connectivity index (χ4v) is 10.9. The molecular weight excluding hydrogens is 436 g/mol. The second kappa shape index (κ2) is 10.4. The summed E-state index contributed by atoms with van der Waals surface area (Å²) in [5.41, 5.74) is 6.05. The molecule has 4 heteroatoms. The maximum Gasteiger partial charge on any atom is 0.191 e. The Morgan fingerprint density at radius 1 is 1.03 bits per heavy atom. The Bertz CT molecular complexity index is 868. The van der Waals surface area contributed by atoms with E-state index in [1.165, 1.54) is 40.4 Å². The average Bonchev–Trinajstić information content (AvgIpc) is 3.03. The number of rotatable bonds is 10. The van der Waals surface area contributed by atoms with Crippen molar-refractivity contribution in [3.8, 4) is 0 Å². The van der Waals surface area contributed by atoms with Crippen molar-refractivity contribution in [3.63, 3.8) is 0 Å². The van der Waals surface area contributed by atoms with Gasteiger partial charge in [0, 0.05) is 6.61 Å². The van der Waals surface area contributed by atoms with E-state index in [9.17, 15) is 5.11 Å². The molecule has 1 aromatic carbocycles. The van der Waals surface area contributed by atoms with Gasteiger partial charge in [0.05, 0.1) is 14.2 Å². The number of hydrogen-bond acceptors (Lipinski definition) is 2. The highest BCUT2D eigenvalue weighted by molar-refractivity contribution is 6.84. The second-order valence-corrected chi connectivity index (χ2v) is 21.7. The van der Waals surface area contributed by atoms with Gasteiger partial charge in [0.15, 0.2) is 8.32 Å². The minimum atomic E-state index is -1.56. The fraction of sp³-hybridized carbons (Fsp3) is 0.655. The summed E-state index contributed by atoms with van der Waals surface area (Å²) in [7, 11) is -3.11. The highest BCUT2D eigenvalue weighted by Crippen LogP contribution is 2.59. The van der Waals surface area contributed by atoms with Crippen LogP contribution in [0.2, 0.25) is 37.8 Å². The summed E-state index contributed by atoms with van der Waals surface area (Å²) in [6.45, 7) is 20.0. The van der Waals surface area contributed by atoms with E-state index in [4.69, 9.17) is 4.43 Å². The molecule has 1 fully saturated rings. The molecular formula is C29H48O2Si2.